The summed E-state index contributed by atoms with van der Waals surface area (Å²) in [4.78, 5) is 0. The maximum Gasteiger partial charge on any atom is 0.0647 e. The van der Waals surface area contributed by atoms with Crippen molar-refractivity contribution in [3.8, 4) is 0 Å². The molecular formula is C8H15ClO. The van der Waals surface area contributed by atoms with E-state index in [0.29, 0.717) is 12.5 Å². The van der Waals surface area contributed by atoms with E-state index in [0.717, 1.165) is 13.0 Å². The average molecular weight is 163 g/mol. The predicted molar refractivity (Wildman–Crippen MR) is 45.6 cm³/mol. The van der Waals surface area contributed by atoms with E-state index in [9.17, 15) is 0 Å². The lowest BCUT2D eigenvalue weighted by molar-refractivity contribution is 0.159. The van der Waals surface area contributed by atoms with Crippen molar-refractivity contribution in [2.24, 2.45) is 0 Å². The van der Waals surface area contributed by atoms with Crippen LogP contribution in [-0.4, -0.2) is 19.1 Å². The van der Waals surface area contributed by atoms with Gasteiger partial charge in [0.15, 0.2) is 0 Å². The van der Waals surface area contributed by atoms with E-state index >= 15 is 0 Å². The summed E-state index contributed by atoms with van der Waals surface area (Å²) in [6.45, 7) is 3.72. The minimum atomic E-state index is 0.580. The van der Waals surface area contributed by atoms with Crippen LogP contribution in [0.4, 0.5) is 0 Å². The molecule has 10 heavy (non-hydrogen) atoms. The van der Waals surface area contributed by atoms with E-state index in [4.69, 9.17) is 16.3 Å². The van der Waals surface area contributed by atoms with E-state index < -0.39 is 0 Å². The second-order valence-electron chi connectivity index (χ2n) is 2.05. The van der Waals surface area contributed by atoms with Crippen LogP contribution in [0.3, 0.4) is 0 Å². The molecule has 0 bridgehead atoms. The summed E-state index contributed by atoms with van der Waals surface area (Å²) in [6, 6.07) is 0. The first kappa shape index (κ1) is 9.99. The number of ether oxygens (including phenoxy) is 1. The van der Waals surface area contributed by atoms with E-state index in [1.165, 1.54) is 6.42 Å². The molecule has 1 nitrogen and oxygen atoms in total. The summed E-state index contributed by atoms with van der Waals surface area (Å²) in [5.41, 5.74) is 0. The van der Waals surface area contributed by atoms with Crippen LogP contribution in [0, 0.1) is 0 Å². The Kier molecular flexibility index (Phi) is 8.98. The quantitative estimate of drug-likeness (QED) is 0.332. The van der Waals surface area contributed by atoms with Crippen molar-refractivity contribution in [2.75, 3.05) is 19.1 Å². The highest BCUT2D eigenvalue weighted by Crippen LogP contribution is 1.88. The molecular weight excluding hydrogens is 148 g/mol. The molecule has 0 rings (SSSR count). The first-order valence-corrected chi connectivity index (χ1v) is 4.24. The second kappa shape index (κ2) is 8.99. The van der Waals surface area contributed by atoms with E-state index in [1.54, 1.807) is 0 Å². The molecule has 0 fully saturated rings. The fraction of sp³-hybridized carbons (Fsp3) is 0.750. The van der Waals surface area contributed by atoms with Gasteiger partial charge in [-0.05, 0) is 6.42 Å². The molecule has 0 aliphatic rings. The van der Waals surface area contributed by atoms with Crippen LogP contribution < -0.4 is 0 Å². The largest absolute Gasteiger partial charge is 0.377 e. The third-order valence-electron chi connectivity index (χ3n) is 1.11. The Morgan fingerprint density at radius 3 is 2.80 bits per heavy atom. The Bertz CT molecular complexity index is 81.3. The number of halogens is 1. The summed E-state index contributed by atoms with van der Waals surface area (Å²) in [5.74, 6) is 0.580. The number of hydrogen-bond acceptors (Lipinski definition) is 1. The Hall–Kier alpha value is -0.0100. The number of unbranched alkanes of at least 4 members (excludes halogenated alkanes) is 1. The van der Waals surface area contributed by atoms with Crippen molar-refractivity contribution >= 4 is 11.6 Å². The summed E-state index contributed by atoms with van der Waals surface area (Å²) >= 11 is 5.40. The van der Waals surface area contributed by atoms with Crippen molar-refractivity contribution in [2.45, 2.75) is 19.8 Å². The van der Waals surface area contributed by atoms with Gasteiger partial charge in [0.1, 0.15) is 0 Å². The lowest BCUT2D eigenvalue weighted by Crippen LogP contribution is -1.92. The van der Waals surface area contributed by atoms with Crippen molar-refractivity contribution < 1.29 is 4.74 Å². The number of rotatable bonds is 6. The monoisotopic (exact) mass is 162 g/mol. The maximum absolute atomic E-state index is 5.40. The summed E-state index contributed by atoms with van der Waals surface area (Å²) < 4.78 is 5.23. The molecule has 60 valence electrons. The first-order valence-electron chi connectivity index (χ1n) is 3.70. The highest BCUT2D eigenvalue weighted by Gasteiger charge is 1.81. The van der Waals surface area contributed by atoms with Gasteiger partial charge >= 0.3 is 0 Å². The number of hydrogen-bond donors (Lipinski definition) is 0. The maximum atomic E-state index is 5.40. The SMILES string of the molecule is CCCCOCC=CCCl. The minimum Gasteiger partial charge on any atom is -0.377 e. The minimum absolute atomic E-state index is 0.580. The summed E-state index contributed by atoms with van der Waals surface area (Å²) in [7, 11) is 0. The van der Waals surface area contributed by atoms with Crippen LogP contribution in [0.15, 0.2) is 12.2 Å². The molecule has 0 saturated carbocycles. The van der Waals surface area contributed by atoms with Gasteiger partial charge in [-0.15, -0.1) is 11.6 Å². The smallest absolute Gasteiger partial charge is 0.0647 e. The van der Waals surface area contributed by atoms with Crippen LogP contribution in [0.25, 0.3) is 0 Å². The van der Waals surface area contributed by atoms with Gasteiger partial charge in [-0.25, -0.2) is 0 Å². The van der Waals surface area contributed by atoms with Gasteiger partial charge in [-0.2, -0.15) is 0 Å². The molecule has 2 heteroatoms. The second-order valence-corrected chi connectivity index (χ2v) is 2.36. The van der Waals surface area contributed by atoms with E-state index in [-0.39, 0.29) is 0 Å². The number of alkyl halides is 1. The van der Waals surface area contributed by atoms with Crippen LogP contribution >= 0.6 is 11.6 Å². The Labute approximate surface area is 68.0 Å². The zero-order valence-corrected chi connectivity index (χ0v) is 7.23. The van der Waals surface area contributed by atoms with Gasteiger partial charge in [0.25, 0.3) is 0 Å². The zero-order valence-electron chi connectivity index (χ0n) is 6.48. The Morgan fingerprint density at radius 1 is 1.40 bits per heavy atom. The Morgan fingerprint density at radius 2 is 2.20 bits per heavy atom. The molecule has 0 aromatic carbocycles. The lowest BCUT2D eigenvalue weighted by atomic mass is 10.4. The van der Waals surface area contributed by atoms with Gasteiger partial charge < -0.3 is 4.74 Å². The van der Waals surface area contributed by atoms with Crippen molar-refractivity contribution in [1.82, 2.24) is 0 Å². The summed E-state index contributed by atoms with van der Waals surface area (Å²) in [6.07, 6.45) is 6.18. The fourth-order valence-electron chi connectivity index (χ4n) is 0.529. The van der Waals surface area contributed by atoms with Gasteiger partial charge in [0.2, 0.25) is 0 Å². The van der Waals surface area contributed by atoms with E-state index in [1.807, 2.05) is 12.2 Å². The van der Waals surface area contributed by atoms with Crippen LogP contribution in [0.5, 0.6) is 0 Å². The highest BCUT2D eigenvalue weighted by atomic mass is 35.5. The van der Waals surface area contributed by atoms with Crippen LogP contribution in [0.2, 0.25) is 0 Å². The fourth-order valence-corrected chi connectivity index (χ4v) is 0.655. The van der Waals surface area contributed by atoms with Crippen LogP contribution in [-0.2, 0) is 4.74 Å². The van der Waals surface area contributed by atoms with Crippen molar-refractivity contribution in [3.63, 3.8) is 0 Å². The first-order chi connectivity index (χ1) is 4.91. The van der Waals surface area contributed by atoms with Gasteiger partial charge in [-0.1, -0.05) is 25.5 Å². The molecule has 0 saturated heterocycles. The molecule has 0 aliphatic heterocycles. The average Bonchev–Trinajstić information content (AvgIpc) is 1.97. The molecule has 0 unspecified atom stereocenters. The molecule has 0 atom stereocenters. The molecule has 0 aromatic rings. The van der Waals surface area contributed by atoms with Crippen molar-refractivity contribution in [3.05, 3.63) is 12.2 Å². The van der Waals surface area contributed by atoms with Gasteiger partial charge in [0, 0.05) is 12.5 Å². The molecule has 0 N–H and O–H groups in total. The standard InChI is InChI=1S/C8H15ClO/c1-2-3-7-10-8-5-4-6-9/h4-5H,2-3,6-8H2,1H3. The Balaban J connectivity index is 2.83. The molecule has 0 aliphatic carbocycles. The van der Waals surface area contributed by atoms with Gasteiger partial charge in [-0.3, -0.25) is 0 Å². The number of allylic oxidation sites excluding steroid dienone is 1. The molecule has 0 heterocycles. The predicted octanol–water partition coefficient (Wildman–Crippen LogP) is 2.60. The third-order valence-corrected chi connectivity index (χ3v) is 1.29. The highest BCUT2D eigenvalue weighted by molar-refractivity contribution is 6.18. The molecule has 0 aromatic heterocycles. The molecule has 0 amide bonds. The normalized spacial score (nSPS) is 11.0. The van der Waals surface area contributed by atoms with E-state index in [2.05, 4.69) is 6.92 Å². The van der Waals surface area contributed by atoms with Gasteiger partial charge in [0.05, 0.1) is 6.61 Å². The molecule has 0 radical (unpaired) electrons. The topological polar surface area (TPSA) is 9.23 Å². The van der Waals surface area contributed by atoms with Crippen LogP contribution in [0.1, 0.15) is 19.8 Å². The third kappa shape index (κ3) is 7.99. The summed E-state index contributed by atoms with van der Waals surface area (Å²) in [5, 5.41) is 0. The molecule has 0 spiro atoms. The zero-order chi connectivity index (χ0) is 7.66. The lowest BCUT2D eigenvalue weighted by Gasteiger charge is -1.96. The van der Waals surface area contributed by atoms with Crippen molar-refractivity contribution in [1.29, 1.82) is 0 Å².